The van der Waals surface area contributed by atoms with Crippen molar-refractivity contribution in [1.29, 1.82) is 0 Å². The first-order valence-corrected chi connectivity index (χ1v) is 8.90. The van der Waals surface area contributed by atoms with E-state index >= 15 is 0 Å². The van der Waals surface area contributed by atoms with Crippen molar-refractivity contribution < 1.29 is 18.0 Å². The Kier molecular flexibility index (Phi) is 5.62. The maximum atomic E-state index is 12.6. The van der Waals surface area contributed by atoms with Gasteiger partial charge in [-0.05, 0) is 29.3 Å². The lowest BCUT2D eigenvalue weighted by molar-refractivity contribution is -0.141. The minimum absolute atomic E-state index is 0.122. The number of pyridine rings is 1. The van der Waals surface area contributed by atoms with Crippen molar-refractivity contribution in [2.45, 2.75) is 18.6 Å². The van der Waals surface area contributed by atoms with Crippen LogP contribution in [0.25, 0.3) is 0 Å². The number of hydrogen-bond acceptors (Lipinski definition) is 3. The Morgan fingerprint density at radius 2 is 1.92 bits per heavy atom. The monoisotopic (exact) mass is 427 g/mol. The molecule has 1 aromatic heterocycles. The highest BCUT2D eigenvalue weighted by Crippen LogP contribution is 2.31. The third kappa shape index (κ3) is 4.42. The number of halogens is 4. The van der Waals surface area contributed by atoms with Crippen LogP contribution in [-0.4, -0.2) is 24.0 Å². The van der Waals surface area contributed by atoms with Gasteiger partial charge in [0.05, 0.1) is 5.92 Å². The van der Waals surface area contributed by atoms with Crippen molar-refractivity contribution in [2.24, 2.45) is 5.92 Å². The van der Waals surface area contributed by atoms with Crippen molar-refractivity contribution in [1.82, 2.24) is 15.6 Å². The number of benzene rings is 1. The van der Waals surface area contributed by atoms with Crippen LogP contribution in [0.1, 0.15) is 22.7 Å². The lowest BCUT2D eigenvalue weighted by Crippen LogP contribution is -2.34. The molecule has 8 heteroatoms. The summed E-state index contributed by atoms with van der Waals surface area (Å²) < 4.78 is 38.9. The Bertz CT molecular complexity index is 763. The van der Waals surface area contributed by atoms with Crippen molar-refractivity contribution in [2.75, 3.05) is 13.1 Å². The van der Waals surface area contributed by atoms with E-state index in [2.05, 4.69) is 31.5 Å². The summed E-state index contributed by atoms with van der Waals surface area (Å²) in [5.74, 6) is -0.665. The summed E-state index contributed by atoms with van der Waals surface area (Å²) in [7, 11) is 0. The summed E-state index contributed by atoms with van der Waals surface area (Å²) in [6.45, 7) is 1.42. The van der Waals surface area contributed by atoms with Gasteiger partial charge in [-0.15, -0.1) is 0 Å². The zero-order valence-electron chi connectivity index (χ0n) is 13.7. The molecule has 4 nitrogen and oxygen atoms in total. The van der Waals surface area contributed by atoms with Crippen molar-refractivity contribution >= 4 is 21.8 Å². The lowest BCUT2D eigenvalue weighted by Gasteiger charge is -2.19. The molecule has 0 unspecified atom stereocenters. The summed E-state index contributed by atoms with van der Waals surface area (Å²) in [5.41, 5.74) is 0.676. The van der Waals surface area contributed by atoms with Crippen molar-refractivity contribution in [3.63, 3.8) is 0 Å². The van der Waals surface area contributed by atoms with Gasteiger partial charge in [0.15, 0.2) is 0 Å². The molecule has 1 saturated heterocycles. The summed E-state index contributed by atoms with van der Waals surface area (Å²) in [6.07, 6.45) is -3.25. The number of alkyl halides is 3. The van der Waals surface area contributed by atoms with E-state index in [0.717, 1.165) is 16.1 Å². The van der Waals surface area contributed by atoms with Crippen molar-refractivity contribution in [3.8, 4) is 0 Å². The number of nitrogens with zero attached hydrogens (tertiary/aromatic N) is 1. The molecule has 0 radical (unpaired) electrons. The van der Waals surface area contributed by atoms with Gasteiger partial charge in [0.1, 0.15) is 5.69 Å². The molecular formula is C18H17BrF3N3O. The molecule has 1 fully saturated rings. The third-order valence-corrected chi connectivity index (χ3v) is 4.96. The SMILES string of the molecule is O=C(NCc1ccc(Br)cc1)[C@H]1CNC[C@@H]1c1ccc(C(F)(F)F)nc1. The van der Waals surface area contributed by atoms with E-state index in [1.165, 1.54) is 12.3 Å². The number of hydrogen-bond donors (Lipinski definition) is 2. The number of carbonyl (C=O) groups excluding carboxylic acids is 1. The Balaban J connectivity index is 1.65. The maximum absolute atomic E-state index is 12.6. The van der Waals surface area contributed by atoms with Gasteiger partial charge in [0, 0.05) is 36.2 Å². The molecule has 2 N–H and O–H groups in total. The van der Waals surface area contributed by atoms with Crippen LogP contribution < -0.4 is 10.6 Å². The van der Waals surface area contributed by atoms with Gasteiger partial charge in [-0.2, -0.15) is 13.2 Å². The summed E-state index contributed by atoms with van der Waals surface area (Å²) in [6, 6.07) is 9.99. The summed E-state index contributed by atoms with van der Waals surface area (Å²) in [4.78, 5) is 16.0. The predicted molar refractivity (Wildman–Crippen MR) is 94.3 cm³/mol. The first-order valence-electron chi connectivity index (χ1n) is 8.10. The van der Waals surface area contributed by atoms with E-state index in [1.54, 1.807) is 0 Å². The van der Waals surface area contributed by atoms with Crippen LogP contribution in [0, 0.1) is 5.92 Å². The standard InChI is InChI=1S/C18H17BrF3N3O/c19-13-4-1-11(2-5-13)7-25-17(26)15-10-23-9-14(15)12-3-6-16(24-8-12)18(20,21)22/h1-6,8,14-15,23H,7,9-10H2,(H,25,26)/t14-,15+/m1/s1. The zero-order valence-corrected chi connectivity index (χ0v) is 15.3. The van der Waals surface area contributed by atoms with Gasteiger partial charge < -0.3 is 10.6 Å². The molecule has 0 saturated carbocycles. The van der Waals surface area contributed by atoms with E-state index in [1.807, 2.05) is 24.3 Å². The quantitative estimate of drug-likeness (QED) is 0.785. The minimum Gasteiger partial charge on any atom is -0.352 e. The topological polar surface area (TPSA) is 54.0 Å². The third-order valence-electron chi connectivity index (χ3n) is 4.44. The fourth-order valence-electron chi connectivity index (χ4n) is 3.02. The van der Waals surface area contributed by atoms with Gasteiger partial charge in [0.25, 0.3) is 0 Å². The van der Waals surface area contributed by atoms with E-state index in [-0.39, 0.29) is 17.7 Å². The number of aromatic nitrogens is 1. The molecule has 1 amide bonds. The second-order valence-corrected chi connectivity index (χ2v) is 7.11. The Morgan fingerprint density at radius 1 is 1.19 bits per heavy atom. The fraction of sp³-hybridized carbons (Fsp3) is 0.333. The Labute approximate surface area is 157 Å². The molecule has 2 heterocycles. The molecule has 1 aliphatic rings. The fourth-order valence-corrected chi connectivity index (χ4v) is 3.28. The molecule has 2 atom stereocenters. The van der Waals surface area contributed by atoms with Gasteiger partial charge >= 0.3 is 6.18 Å². The molecule has 0 aliphatic carbocycles. The highest BCUT2D eigenvalue weighted by molar-refractivity contribution is 9.10. The average Bonchev–Trinajstić information content (AvgIpc) is 3.10. The van der Waals surface area contributed by atoms with Crippen LogP contribution in [0.2, 0.25) is 0 Å². The highest BCUT2D eigenvalue weighted by atomic mass is 79.9. The van der Waals surface area contributed by atoms with Gasteiger partial charge in [-0.1, -0.05) is 34.1 Å². The predicted octanol–water partition coefficient (Wildman–Crippen LogP) is 3.48. The Hall–Kier alpha value is -1.93. The largest absolute Gasteiger partial charge is 0.433 e. The number of nitrogens with one attached hydrogen (secondary N) is 2. The van der Waals surface area contributed by atoms with Crippen LogP contribution in [0.15, 0.2) is 47.1 Å². The molecule has 0 bridgehead atoms. The zero-order chi connectivity index (χ0) is 18.7. The molecule has 2 aromatic rings. The second-order valence-electron chi connectivity index (χ2n) is 6.19. The lowest BCUT2D eigenvalue weighted by atomic mass is 9.89. The summed E-state index contributed by atoms with van der Waals surface area (Å²) >= 11 is 3.36. The van der Waals surface area contributed by atoms with E-state index in [9.17, 15) is 18.0 Å². The number of rotatable bonds is 4. The van der Waals surface area contributed by atoms with Gasteiger partial charge in [0.2, 0.25) is 5.91 Å². The molecule has 3 rings (SSSR count). The van der Waals surface area contributed by atoms with Crippen LogP contribution in [0.4, 0.5) is 13.2 Å². The number of amides is 1. The van der Waals surface area contributed by atoms with E-state index in [4.69, 9.17) is 0 Å². The molecule has 0 spiro atoms. The smallest absolute Gasteiger partial charge is 0.352 e. The molecule has 1 aliphatic heterocycles. The molecule has 1 aromatic carbocycles. The van der Waals surface area contributed by atoms with E-state index in [0.29, 0.717) is 25.2 Å². The normalized spacial score (nSPS) is 20.2. The average molecular weight is 428 g/mol. The highest BCUT2D eigenvalue weighted by Gasteiger charge is 2.36. The molecule has 26 heavy (non-hydrogen) atoms. The number of carbonyl (C=O) groups is 1. The Morgan fingerprint density at radius 3 is 2.54 bits per heavy atom. The maximum Gasteiger partial charge on any atom is 0.433 e. The van der Waals surface area contributed by atoms with Gasteiger partial charge in [-0.3, -0.25) is 9.78 Å². The summed E-state index contributed by atoms with van der Waals surface area (Å²) in [5, 5.41) is 6.04. The van der Waals surface area contributed by atoms with E-state index < -0.39 is 11.9 Å². The van der Waals surface area contributed by atoms with Gasteiger partial charge in [-0.25, -0.2) is 0 Å². The van der Waals surface area contributed by atoms with Crippen LogP contribution in [0.3, 0.4) is 0 Å². The second kappa shape index (κ2) is 7.75. The first-order chi connectivity index (χ1) is 12.3. The van der Waals surface area contributed by atoms with Crippen molar-refractivity contribution in [3.05, 3.63) is 63.9 Å². The minimum atomic E-state index is -4.46. The first kappa shape index (κ1) is 18.8. The van der Waals surface area contributed by atoms with Crippen LogP contribution >= 0.6 is 15.9 Å². The molecule has 138 valence electrons. The van der Waals surface area contributed by atoms with Crippen LogP contribution in [-0.2, 0) is 17.5 Å². The van der Waals surface area contributed by atoms with Crippen LogP contribution in [0.5, 0.6) is 0 Å². The molecular weight excluding hydrogens is 411 g/mol.